The lowest BCUT2D eigenvalue weighted by Gasteiger charge is -2.12. The normalized spacial score (nSPS) is 11.0. The Kier molecular flexibility index (Phi) is 7.84. The Morgan fingerprint density at radius 2 is 1.73 bits per heavy atom. The number of methoxy groups -OCH3 is 2. The average molecular weight is 489 g/mol. The van der Waals surface area contributed by atoms with Gasteiger partial charge in [-0.25, -0.2) is 8.42 Å². The lowest BCUT2D eigenvalue weighted by Crippen LogP contribution is -2.26. The Morgan fingerprint density at radius 3 is 2.42 bits per heavy atom. The third-order valence-electron chi connectivity index (χ3n) is 4.90. The Hall–Kier alpha value is -3.23. The molecule has 3 aromatic carbocycles. The minimum Gasteiger partial charge on any atom is -0.493 e. The summed E-state index contributed by atoms with van der Waals surface area (Å²) in [7, 11) is -0.859. The van der Waals surface area contributed by atoms with Crippen molar-refractivity contribution in [2.45, 2.75) is 18.2 Å². The van der Waals surface area contributed by atoms with Crippen LogP contribution in [0.15, 0.2) is 65.6 Å². The summed E-state index contributed by atoms with van der Waals surface area (Å²) in [5.41, 5.74) is 2.46. The van der Waals surface area contributed by atoms with Gasteiger partial charge in [0.25, 0.3) is 15.9 Å². The van der Waals surface area contributed by atoms with Crippen molar-refractivity contribution < 1.29 is 22.7 Å². The molecule has 3 rings (SSSR count). The maximum Gasteiger partial charge on any atom is 0.263 e. The lowest BCUT2D eigenvalue weighted by molar-refractivity contribution is 0.0954. The van der Waals surface area contributed by atoms with Crippen molar-refractivity contribution in [2.24, 2.45) is 0 Å². The van der Waals surface area contributed by atoms with Gasteiger partial charge in [-0.2, -0.15) is 0 Å². The van der Waals surface area contributed by atoms with E-state index in [1.165, 1.54) is 18.2 Å². The molecular formula is C24H25ClN2O5S. The number of hydrogen-bond acceptors (Lipinski definition) is 5. The summed E-state index contributed by atoms with van der Waals surface area (Å²) in [6, 6.07) is 16.6. The second-order valence-corrected chi connectivity index (χ2v) is 9.37. The number of benzene rings is 3. The van der Waals surface area contributed by atoms with E-state index in [1.807, 2.05) is 25.1 Å². The van der Waals surface area contributed by atoms with E-state index in [-0.39, 0.29) is 15.5 Å². The molecule has 0 aliphatic heterocycles. The topological polar surface area (TPSA) is 93.7 Å². The van der Waals surface area contributed by atoms with Crippen molar-refractivity contribution in [3.05, 3.63) is 82.4 Å². The highest BCUT2D eigenvalue weighted by molar-refractivity contribution is 7.92. The first-order valence-electron chi connectivity index (χ1n) is 10.1. The maximum absolute atomic E-state index is 12.9. The van der Waals surface area contributed by atoms with Crippen LogP contribution in [0.5, 0.6) is 11.5 Å². The van der Waals surface area contributed by atoms with Crippen LogP contribution in [-0.2, 0) is 16.4 Å². The predicted octanol–water partition coefficient (Wildman–Crippen LogP) is 4.44. The minimum absolute atomic E-state index is 0.0250. The predicted molar refractivity (Wildman–Crippen MR) is 129 cm³/mol. The highest BCUT2D eigenvalue weighted by Crippen LogP contribution is 2.28. The molecule has 0 spiro atoms. The number of ether oxygens (including phenoxy) is 2. The Bertz CT molecular complexity index is 1260. The highest BCUT2D eigenvalue weighted by atomic mass is 35.5. The first-order chi connectivity index (χ1) is 15.7. The van der Waals surface area contributed by atoms with Gasteiger partial charge in [0.15, 0.2) is 11.5 Å². The number of amides is 1. The molecule has 0 fully saturated rings. The third-order valence-corrected chi connectivity index (χ3v) is 6.76. The maximum atomic E-state index is 12.9. The van der Waals surface area contributed by atoms with E-state index in [2.05, 4.69) is 10.0 Å². The molecule has 1 amide bonds. The van der Waals surface area contributed by atoms with Crippen LogP contribution < -0.4 is 19.5 Å². The zero-order valence-electron chi connectivity index (χ0n) is 18.5. The molecule has 0 aliphatic rings. The minimum atomic E-state index is -3.98. The molecule has 0 radical (unpaired) electrons. The summed E-state index contributed by atoms with van der Waals surface area (Å²) in [5.74, 6) is 0.827. The molecule has 2 N–H and O–H groups in total. The number of carbonyl (C=O) groups is 1. The summed E-state index contributed by atoms with van der Waals surface area (Å²) < 4.78 is 38.8. The van der Waals surface area contributed by atoms with Gasteiger partial charge in [-0.1, -0.05) is 29.8 Å². The van der Waals surface area contributed by atoms with Crippen molar-refractivity contribution in [1.29, 1.82) is 0 Å². The van der Waals surface area contributed by atoms with Gasteiger partial charge < -0.3 is 14.8 Å². The van der Waals surface area contributed by atoms with Crippen LogP contribution in [-0.4, -0.2) is 35.1 Å². The fourth-order valence-electron chi connectivity index (χ4n) is 3.23. The van der Waals surface area contributed by atoms with E-state index < -0.39 is 15.9 Å². The molecule has 7 nitrogen and oxygen atoms in total. The van der Waals surface area contributed by atoms with Gasteiger partial charge in [0, 0.05) is 17.8 Å². The summed E-state index contributed by atoms with van der Waals surface area (Å²) in [6.45, 7) is 2.21. The number of halogens is 1. The summed E-state index contributed by atoms with van der Waals surface area (Å²) in [5, 5.41) is 2.82. The molecule has 0 saturated heterocycles. The van der Waals surface area contributed by atoms with E-state index in [0.29, 0.717) is 30.2 Å². The largest absolute Gasteiger partial charge is 0.493 e. The lowest BCUT2D eigenvalue weighted by atomic mass is 10.1. The van der Waals surface area contributed by atoms with Gasteiger partial charge in [0.1, 0.15) is 4.90 Å². The average Bonchev–Trinajstić information content (AvgIpc) is 2.78. The summed E-state index contributed by atoms with van der Waals surface area (Å²) in [4.78, 5) is 12.5. The van der Waals surface area contributed by atoms with Crippen LogP contribution in [0, 0.1) is 6.92 Å². The second kappa shape index (κ2) is 10.6. The molecule has 174 valence electrons. The SMILES string of the molecule is COc1ccc(CCNC(=O)c2ccc(Cl)c(S(=O)(=O)Nc3cccc(C)c3)c2)cc1OC. The molecule has 0 heterocycles. The number of rotatable bonds is 9. The molecular weight excluding hydrogens is 464 g/mol. The van der Waals surface area contributed by atoms with Crippen LogP contribution in [0.2, 0.25) is 5.02 Å². The second-order valence-electron chi connectivity index (χ2n) is 7.32. The van der Waals surface area contributed by atoms with Crippen LogP contribution in [0.25, 0.3) is 0 Å². The van der Waals surface area contributed by atoms with Gasteiger partial charge in [-0.05, 0) is 66.9 Å². The number of anilines is 1. The van der Waals surface area contributed by atoms with Gasteiger partial charge >= 0.3 is 0 Å². The van der Waals surface area contributed by atoms with Gasteiger partial charge in [0.2, 0.25) is 0 Å². The molecule has 0 bridgehead atoms. The first-order valence-corrected chi connectivity index (χ1v) is 12.0. The Balaban J connectivity index is 1.70. The zero-order chi connectivity index (χ0) is 24.0. The summed E-state index contributed by atoms with van der Waals surface area (Å²) in [6.07, 6.45) is 0.555. The highest BCUT2D eigenvalue weighted by Gasteiger charge is 2.20. The zero-order valence-corrected chi connectivity index (χ0v) is 20.1. The Labute approximate surface area is 198 Å². The van der Waals surface area contributed by atoms with Crippen molar-refractivity contribution in [3.8, 4) is 11.5 Å². The van der Waals surface area contributed by atoms with Crippen molar-refractivity contribution in [1.82, 2.24) is 5.32 Å². The molecule has 0 aromatic heterocycles. The molecule has 33 heavy (non-hydrogen) atoms. The molecule has 0 unspecified atom stereocenters. The molecule has 0 atom stereocenters. The fraction of sp³-hybridized carbons (Fsp3) is 0.208. The van der Waals surface area contributed by atoms with E-state index >= 15 is 0 Å². The van der Waals surface area contributed by atoms with Crippen LogP contribution in [0.4, 0.5) is 5.69 Å². The van der Waals surface area contributed by atoms with E-state index in [4.69, 9.17) is 21.1 Å². The van der Waals surface area contributed by atoms with E-state index in [9.17, 15) is 13.2 Å². The fourth-order valence-corrected chi connectivity index (χ4v) is 4.80. The van der Waals surface area contributed by atoms with Crippen molar-refractivity contribution >= 4 is 33.2 Å². The number of sulfonamides is 1. The molecule has 0 saturated carbocycles. The number of nitrogens with one attached hydrogen (secondary N) is 2. The standard InChI is InChI=1S/C24H25ClN2O5S/c1-16-5-4-6-19(13-16)27-33(29,30)23-15-18(8-9-20(23)25)24(28)26-12-11-17-7-10-21(31-2)22(14-17)32-3/h4-10,13-15,27H,11-12H2,1-3H3,(H,26,28). The smallest absolute Gasteiger partial charge is 0.263 e. The van der Waals surface area contributed by atoms with Crippen LogP contribution >= 0.6 is 11.6 Å². The van der Waals surface area contributed by atoms with Crippen LogP contribution in [0.1, 0.15) is 21.5 Å². The van der Waals surface area contributed by atoms with Crippen LogP contribution in [0.3, 0.4) is 0 Å². The number of carbonyl (C=O) groups excluding carboxylic acids is 1. The van der Waals surface area contributed by atoms with Gasteiger partial charge in [0.05, 0.1) is 19.2 Å². The van der Waals surface area contributed by atoms with E-state index in [1.54, 1.807) is 38.5 Å². The van der Waals surface area contributed by atoms with Gasteiger partial charge in [-0.3, -0.25) is 9.52 Å². The first kappa shape index (κ1) is 24.4. The monoisotopic (exact) mass is 488 g/mol. The van der Waals surface area contributed by atoms with Gasteiger partial charge in [-0.15, -0.1) is 0 Å². The quantitative estimate of drug-likeness (QED) is 0.464. The van der Waals surface area contributed by atoms with Crippen molar-refractivity contribution in [2.75, 3.05) is 25.5 Å². The van der Waals surface area contributed by atoms with Crippen molar-refractivity contribution in [3.63, 3.8) is 0 Å². The third kappa shape index (κ3) is 6.18. The Morgan fingerprint density at radius 1 is 0.970 bits per heavy atom. The molecule has 3 aromatic rings. The number of aryl methyl sites for hydroxylation is 1. The molecule has 9 heteroatoms. The number of hydrogen-bond donors (Lipinski definition) is 2. The summed E-state index contributed by atoms with van der Waals surface area (Å²) >= 11 is 6.15. The molecule has 0 aliphatic carbocycles. The van der Waals surface area contributed by atoms with E-state index in [0.717, 1.165) is 11.1 Å².